The lowest BCUT2D eigenvalue weighted by Crippen LogP contribution is -2.18. The second-order valence-electron chi connectivity index (χ2n) is 5.26. The molecule has 25 heavy (non-hydrogen) atoms. The molecule has 0 radical (unpaired) electrons. The smallest absolute Gasteiger partial charge is 0.272 e. The third-order valence-corrected chi connectivity index (χ3v) is 4.53. The van der Waals surface area contributed by atoms with Crippen LogP contribution in [0, 0.1) is 0 Å². The second kappa shape index (κ2) is 6.70. The maximum absolute atomic E-state index is 12.6. The van der Waals surface area contributed by atoms with Gasteiger partial charge in [0.15, 0.2) is 0 Å². The van der Waals surface area contributed by atoms with Crippen molar-refractivity contribution in [3.05, 3.63) is 77.6 Å². The number of benzene rings is 1. The van der Waals surface area contributed by atoms with Gasteiger partial charge in [0.05, 0.1) is 34.1 Å². The first-order valence-corrected chi connectivity index (χ1v) is 8.50. The molecule has 0 saturated heterocycles. The van der Waals surface area contributed by atoms with Crippen molar-refractivity contribution in [3.8, 4) is 10.6 Å². The first-order chi connectivity index (χ1) is 12.3. The summed E-state index contributed by atoms with van der Waals surface area (Å²) in [5.74, 6) is 0.276. The number of amides is 1. The molecule has 1 aromatic carbocycles. The number of carbonyl (C=O) groups excluding carboxylic acids is 1. The molecule has 0 aliphatic heterocycles. The zero-order valence-corrected chi connectivity index (χ0v) is 13.9. The van der Waals surface area contributed by atoms with E-state index in [1.54, 1.807) is 35.8 Å². The third kappa shape index (κ3) is 3.20. The number of nitrogens with one attached hydrogen (secondary N) is 1. The van der Waals surface area contributed by atoms with Crippen LogP contribution in [0.15, 0.2) is 75.8 Å². The van der Waals surface area contributed by atoms with Crippen molar-refractivity contribution >= 4 is 34.4 Å². The van der Waals surface area contributed by atoms with Crippen LogP contribution in [0.3, 0.4) is 0 Å². The number of carbonyl (C=O) groups is 1. The molecule has 0 unspecified atom stereocenters. The predicted molar refractivity (Wildman–Crippen MR) is 98.8 cm³/mol. The highest BCUT2D eigenvalue weighted by molar-refractivity contribution is 7.13. The van der Waals surface area contributed by atoms with E-state index in [2.05, 4.69) is 15.5 Å². The molecule has 0 fully saturated rings. The molecule has 3 heterocycles. The van der Waals surface area contributed by atoms with E-state index in [1.165, 1.54) is 6.21 Å². The molecule has 0 bridgehead atoms. The Labute approximate surface area is 147 Å². The number of furan rings is 1. The topological polar surface area (TPSA) is 67.5 Å². The number of pyridine rings is 1. The minimum Gasteiger partial charge on any atom is -0.463 e. The lowest BCUT2D eigenvalue weighted by Gasteiger charge is -2.07. The van der Waals surface area contributed by atoms with Gasteiger partial charge in [-0.2, -0.15) is 5.10 Å². The summed E-state index contributed by atoms with van der Waals surface area (Å²) in [6, 6.07) is 16.8. The van der Waals surface area contributed by atoms with E-state index in [9.17, 15) is 4.79 Å². The summed E-state index contributed by atoms with van der Waals surface area (Å²) in [7, 11) is 0. The van der Waals surface area contributed by atoms with Crippen LogP contribution in [0.2, 0.25) is 0 Å². The van der Waals surface area contributed by atoms with Crippen LogP contribution >= 0.6 is 11.3 Å². The Morgan fingerprint density at radius 3 is 2.88 bits per heavy atom. The summed E-state index contributed by atoms with van der Waals surface area (Å²) in [6.45, 7) is 0. The van der Waals surface area contributed by atoms with Crippen molar-refractivity contribution < 1.29 is 9.21 Å². The van der Waals surface area contributed by atoms with E-state index in [0.717, 1.165) is 21.5 Å². The third-order valence-electron chi connectivity index (χ3n) is 3.64. The Kier molecular flexibility index (Phi) is 4.10. The van der Waals surface area contributed by atoms with Crippen LogP contribution in [0.5, 0.6) is 0 Å². The average Bonchev–Trinajstić information content (AvgIpc) is 3.34. The van der Waals surface area contributed by atoms with Gasteiger partial charge in [0.25, 0.3) is 5.91 Å². The molecule has 4 rings (SSSR count). The van der Waals surface area contributed by atoms with E-state index in [-0.39, 0.29) is 5.91 Å². The number of fused-ring (bicyclic) bond motifs is 1. The standard InChI is InChI=1S/C19H13N3O2S/c23-19(22-20-12-13-5-3-9-24-13)15-11-17(18-8-4-10-25-18)21-16-7-2-1-6-14(15)16/h1-12H,(H,22,23)/b20-12-. The van der Waals surface area contributed by atoms with Gasteiger partial charge in [-0.1, -0.05) is 24.3 Å². The van der Waals surface area contributed by atoms with Crippen LogP contribution in [-0.2, 0) is 0 Å². The van der Waals surface area contributed by atoms with Crippen molar-refractivity contribution in [3.63, 3.8) is 0 Å². The lowest BCUT2D eigenvalue weighted by atomic mass is 10.1. The van der Waals surface area contributed by atoms with Gasteiger partial charge in [0.1, 0.15) is 5.76 Å². The number of aromatic nitrogens is 1. The van der Waals surface area contributed by atoms with Gasteiger partial charge in [-0.25, -0.2) is 10.4 Å². The number of nitrogens with zero attached hydrogens (tertiary/aromatic N) is 2. The molecule has 1 N–H and O–H groups in total. The highest BCUT2D eigenvalue weighted by atomic mass is 32.1. The molecule has 1 amide bonds. The number of hydrogen-bond acceptors (Lipinski definition) is 5. The summed E-state index contributed by atoms with van der Waals surface area (Å²) in [6.07, 6.45) is 3.01. The van der Waals surface area contributed by atoms with Crippen LogP contribution in [0.25, 0.3) is 21.5 Å². The fourth-order valence-electron chi connectivity index (χ4n) is 2.49. The van der Waals surface area contributed by atoms with Gasteiger partial charge in [-0.15, -0.1) is 11.3 Å². The van der Waals surface area contributed by atoms with Crippen molar-refractivity contribution in [2.24, 2.45) is 5.10 Å². The number of para-hydroxylation sites is 1. The average molecular weight is 347 g/mol. The first kappa shape index (κ1) is 15.3. The first-order valence-electron chi connectivity index (χ1n) is 7.62. The van der Waals surface area contributed by atoms with Crippen molar-refractivity contribution in [2.75, 3.05) is 0 Å². The van der Waals surface area contributed by atoms with E-state index in [4.69, 9.17) is 4.42 Å². The minimum atomic E-state index is -0.292. The van der Waals surface area contributed by atoms with E-state index in [1.807, 2.05) is 41.8 Å². The molecule has 6 heteroatoms. The summed E-state index contributed by atoms with van der Waals surface area (Å²) in [5, 5.41) is 6.72. The van der Waals surface area contributed by atoms with Crippen molar-refractivity contribution in [2.45, 2.75) is 0 Å². The fourth-order valence-corrected chi connectivity index (χ4v) is 3.18. The molecular weight excluding hydrogens is 334 g/mol. The maximum atomic E-state index is 12.6. The Bertz CT molecular complexity index is 1040. The molecule has 5 nitrogen and oxygen atoms in total. The van der Waals surface area contributed by atoms with E-state index >= 15 is 0 Å². The minimum absolute atomic E-state index is 0.292. The van der Waals surface area contributed by atoms with Crippen LogP contribution in [0.1, 0.15) is 16.1 Å². The molecule has 0 aliphatic rings. The molecular formula is C19H13N3O2S. The predicted octanol–water partition coefficient (Wildman–Crippen LogP) is 4.32. The highest BCUT2D eigenvalue weighted by Crippen LogP contribution is 2.27. The second-order valence-corrected chi connectivity index (χ2v) is 6.21. The zero-order chi connectivity index (χ0) is 17.1. The number of hydrazone groups is 1. The lowest BCUT2D eigenvalue weighted by molar-refractivity contribution is 0.0956. The SMILES string of the molecule is O=C(N/N=C\c1ccco1)c1cc(-c2cccs2)nc2ccccc12. The Balaban J connectivity index is 1.70. The van der Waals surface area contributed by atoms with Crippen LogP contribution < -0.4 is 5.43 Å². The number of hydrogen-bond donors (Lipinski definition) is 1. The number of thiophene rings is 1. The van der Waals surface area contributed by atoms with E-state index in [0.29, 0.717) is 11.3 Å². The van der Waals surface area contributed by atoms with Crippen molar-refractivity contribution in [1.29, 1.82) is 0 Å². The van der Waals surface area contributed by atoms with Gasteiger partial charge in [0, 0.05) is 5.39 Å². The quantitative estimate of drug-likeness (QED) is 0.441. The zero-order valence-electron chi connectivity index (χ0n) is 13.0. The Morgan fingerprint density at radius 1 is 1.16 bits per heavy atom. The van der Waals surface area contributed by atoms with Crippen molar-refractivity contribution in [1.82, 2.24) is 10.4 Å². The monoisotopic (exact) mass is 347 g/mol. The van der Waals surface area contributed by atoms with E-state index < -0.39 is 0 Å². The summed E-state index contributed by atoms with van der Waals surface area (Å²) >= 11 is 1.58. The van der Waals surface area contributed by atoms with Crippen LogP contribution in [0.4, 0.5) is 0 Å². The maximum Gasteiger partial charge on any atom is 0.272 e. The molecule has 0 atom stereocenters. The summed E-state index contributed by atoms with van der Waals surface area (Å²) in [5.41, 5.74) is 4.62. The number of rotatable bonds is 4. The summed E-state index contributed by atoms with van der Waals surface area (Å²) < 4.78 is 5.15. The molecule has 0 saturated carbocycles. The van der Waals surface area contributed by atoms with Gasteiger partial charge >= 0.3 is 0 Å². The molecule has 4 aromatic rings. The summed E-state index contributed by atoms with van der Waals surface area (Å²) in [4.78, 5) is 18.3. The normalized spacial score (nSPS) is 11.2. The highest BCUT2D eigenvalue weighted by Gasteiger charge is 2.13. The van der Waals surface area contributed by atoms with Gasteiger partial charge < -0.3 is 4.42 Å². The molecule has 122 valence electrons. The largest absolute Gasteiger partial charge is 0.463 e. The fraction of sp³-hybridized carbons (Fsp3) is 0. The van der Waals surface area contributed by atoms with Gasteiger partial charge in [-0.3, -0.25) is 4.79 Å². The molecule has 3 aromatic heterocycles. The Hall–Kier alpha value is -3.25. The Morgan fingerprint density at radius 2 is 2.08 bits per heavy atom. The van der Waals surface area contributed by atoms with Gasteiger partial charge in [0.2, 0.25) is 0 Å². The van der Waals surface area contributed by atoms with Gasteiger partial charge in [-0.05, 0) is 35.7 Å². The molecule has 0 spiro atoms. The molecule has 0 aliphatic carbocycles. The van der Waals surface area contributed by atoms with Crippen LogP contribution in [-0.4, -0.2) is 17.1 Å².